The molecule has 0 bridgehead atoms. The molecule has 1 fully saturated rings. The molecule has 1 aliphatic heterocycles. The first-order valence-electron chi connectivity index (χ1n) is 10.6. The van der Waals surface area contributed by atoms with Crippen LogP contribution in [-0.2, 0) is 18.8 Å². The van der Waals surface area contributed by atoms with Gasteiger partial charge in [-0.15, -0.1) is 0 Å². The van der Waals surface area contributed by atoms with E-state index in [2.05, 4.69) is 0 Å². The third-order valence-electron chi connectivity index (χ3n) is 5.25. The number of hydrogen-bond donors (Lipinski definition) is 0. The van der Waals surface area contributed by atoms with Crippen molar-refractivity contribution < 1.29 is 28.4 Å². The van der Waals surface area contributed by atoms with Gasteiger partial charge in [-0.3, -0.25) is 0 Å². The largest absolute Gasteiger partial charge is 0.495 e. The monoisotopic (exact) mass is 433 g/mol. The molecule has 0 radical (unpaired) electrons. The molecule has 172 valence electrons. The fourth-order valence-electron chi connectivity index (χ4n) is 2.99. The van der Waals surface area contributed by atoms with Crippen molar-refractivity contribution >= 4 is 30.5 Å². The third-order valence-corrected chi connectivity index (χ3v) is 5.25. The van der Waals surface area contributed by atoms with Crippen molar-refractivity contribution in [3.05, 3.63) is 23.8 Å². The summed E-state index contributed by atoms with van der Waals surface area (Å²) in [6.07, 6.45) is -1.62. The van der Waals surface area contributed by atoms with Crippen LogP contribution in [0.25, 0.3) is 0 Å². The zero-order valence-corrected chi connectivity index (χ0v) is 20.7. The van der Waals surface area contributed by atoms with Gasteiger partial charge in [0.2, 0.25) is 0 Å². The van der Waals surface area contributed by atoms with Crippen LogP contribution in [0.15, 0.2) is 18.2 Å². The minimum absolute atomic E-state index is 0.357. The number of amides is 2. The molecule has 1 saturated heterocycles. The van der Waals surface area contributed by atoms with Gasteiger partial charge in [-0.25, -0.2) is 9.59 Å². The van der Waals surface area contributed by atoms with Crippen LogP contribution < -0.4 is 10.4 Å². The average molecular weight is 433 g/mol. The van der Waals surface area contributed by atoms with Crippen molar-refractivity contribution in [1.29, 1.82) is 0 Å². The minimum atomic E-state index is -0.809. The fourth-order valence-corrected chi connectivity index (χ4v) is 2.99. The van der Waals surface area contributed by atoms with Crippen LogP contribution in [-0.4, -0.2) is 41.7 Å². The highest BCUT2D eigenvalue weighted by Gasteiger charge is 2.52. The standard InChI is InChI=1S/C23H36BNO6/c1-15-16(24-30-22(8,9)23(10,11)31-24)13-12-14-17(15)25(18(26)28-20(2,3)4)19(27)29-21(5,6)7/h12-14H,1-11H3. The third kappa shape index (κ3) is 5.80. The number of nitrogens with zero attached hydrogens (tertiary/aromatic N) is 1. The van der Waals surface area contributed by atoms with Crippen molar-refractivity contribution in [2.75, 3.05) is 4.90 Å². The molecule has 0 spiro atoms. The van der Waals surface area contributed by atoms with E-state index in [-0.39, 0.29) is 0 Å². The van der Waals surface area contributed by atoms with Crippen molar-refractivity contribution in [3.8, 4) is 0 Å². The lowest BCUT2D eigenvalue weighted by atomic mass is 9.75. The van der Waals surface area contributed by atoms with Gasteiger partial charge in [0.1, 0.15) is 11.2 Å². The Labute approximate surface area is 186 Å². The van der Waals surface area contributed by atoms with Gasteiger partial charge in [0.15, 0.2) is 0 Å². The fraction of sp³-hybridized carbons (Fsp3) is 0.652. The Morgan fingerprint density at radius 3 is 1.68 bits per heavy atom. The second-order valence-corrected chi connectivity index (χ2v) is 10.9. The molecule has 0 saturated carbocycles. The summed E-state index contributed by atoms with van der Waals surface area (Å²) in [6.45, 7) is 20.2. The van der Waals surface area contributed by atoms with Gasteiger partial charge < -0.3 is 18.8 Å². The van der Waals surface area contributed by atoms with Crippen LogP contribution in [0.5, 0.6) is 0 Å². The Bertz CT molecular complexity index is 807. The molecular weight excluding hydrogens is 397 g/mol. The van der Waals surface area contributed by atoms with Crippen LogP contribution in [0, 0.1) is 6.92 Å². The Kier molecular flexibility index (Phi) is 6.61. The molecule has 2 amide bonds. The second-order valence-electron chi connectivity index (χ2n) is 10.9. The summed E-state index contributed by atoms with van der Waals surface area (Å²) in [6, 6.07) is 5.30. The summed E-state index contributed by atoms with van der Waals surface area (Å²) in [7, 11) is -0.635. The molecular formula is C23H36BNO6. The molecule has 1 aromatic rings. The number of ether oxygens (including phenoxy) is 2. The Balaban J connectivity index is 2.51. The van der Waals surface area contributed by atoms with E-state index in [1.807, 2.05) is 40.7 Å². The van der Waals surface area contributed by atoms with Crippen LogP contribution >= 0.6 is 0 Å². The highest BCUT2D eigenvalue weighted by molar-refractivity contribution is 6.62. The van der Waals surface area contributed by atoms with E-state index in [9.17, 15) is 9.59 Å². The summed E-state index contributed by atoms with van der Waals surface area (Å²) in [4.78, 5) is 27.0. The Morgan fingerprint density at radius 2 is 1.29 bits per heavy atom. The average Bonchev–Trinajstić information content (AvgIpc) is 2.73. The number of carbonyl (C=O) groups excluding carboxylic acids is 2. The highest BCUT2D eigenvalue weighted by atomic mass is 16.7. The maximum atomic E-state index is 13.0. The van der Waals surface area contributed by atoms with E-state index >= 15 is 0 Å². The molecule has 0 N–H and O–H groups in total. The Morgan fingerprint density at radius 1 is 0.871 bits per heavy atom. The number of imide groups is 1. The summed E-state index contributed by atoms with van der Waals surface area (Å²) in [5, 5.41) is 0. The van der Waals surface area contributed by atoms with E-state index in [0.717, 1.165) is 10.4 Å². The highest BCUT2D eigenvalue weighted by Crippen LogP contribution is 2.37. The smallest absolute Gasteiger partial charge is 0.443 e. The SMILES string of the molecule is Cc1c(B2OC(C)(C)C(C)(C)O2)cccc1N(C(=O)OC(C)(C)C)C(=O)OC(C)(C)C. The van der Waals surface area contributed by atoms with Gasteiger partial charge in [-0.05, 0) is 93.3 Å². The quantitative estimate of drug-likeness (QED) is 0.613. The van der Waals surface area contributed by atoms with Gasteiger partial charge in [-0.1, -0.05) is 12.1 Å². The van der Waals surface area contributed by atoms with Gasteiger partial charge in [0.25, 0.3) is 0 Å². The number of hydrogen-bond acceptors (Lipinski definition) is 6. The summed E-state index contributed by atoms with van der Waals surface area (Å²) in [5.41, 5.74) is -0.850. The maximum absolute atomic E-state index is 13.0. The molecule has 1 aliphatic rings. The minimum Gasteiger partial charge on any atom is -0.443 e. The molecule has 2 rings (SSSR count). The molecule has 0 aromatic heterocycles. The number of anilines is 1. The lowest BCUT2D eigenvalue weighted by Crippen LogP contribution is -2.45. The van der Waals surface area contributed by atoms with Gasteiger partial charge in [0.05, 0.1) is 16.9 Å². The van der Waals surface area contributed by atoms with Crippen LogP contribution in [0.4, 0.5) is 15.3 Å². The first-order valence-corrected chi connectivity index (χ1v) is 10.6. The van der Waals surface area contributed by atoms with Gasteiger partial charge >= 0.3 is 19.3 Å². The number of carbonyl (C=O) groups is 2. The van der Waals surface area contributed by atoms with E-state index in [0.29, 0.717) is 11.3 Å². The molecule has 31 heavy (non-hydrogen) atoms. The zero-order chi connectivity index (χ0) is 24.0. The molecule has 0 aliphatic carbocycles. The van der Waals surface area contributed by atoms with Crippen molar-refractivity contribution in [3.63, 3.8) is 0 Å². The summed E-state index contributed by atoms with van der Waals surface area (Å²) >= 11 is 0. The molecule has 0 unspecified atom stereocenters. The molecule has 7 nitrogen and oxygen atoms in total. The van der Waals surface area contributed by atoms with Gasteiger partial charge in [0, 0.05) is 0 Å². The first kappa shape index (κ1) is 25.2. The lowest BCUT2D eigenvalue weighted by molar-refractivity contribution is 0.00578. The molecule has 1 heterocycles. The predicted molar refractivity (Wildman–Crippen MR) is 122 cm³/mol. The van der Waals surface area contributed by atoms with E-state index in [1.54, 1.807) is 53.7 Å². The lowest BCUT2D eigenvalue weighted by Gasteiger charge is -2.32. The van der Waals surface area contributed by atoms with Gasteiger partial charge in [-0.2, -0.15) is 4.90 Å². The number of rotatable bonds is 2. The van der Waals surface area contributed by atoms with Crippen molar-refractivity contribution in [1.82, 2.24) is 0 Å². The summed E-state index contributed by atoms with van der Waals surface area (Å²) in [5.74, 6) is 0. The van der Waals surface area contributed by atoms with Crippen LogP contribution in [0.1, 0.15) is 74.8 Å². The summed E-state index contributed by atoms with van der Waals surface area (Å²) < 4.78 is 23.3. The van der Waals surface area contributed by atoms with Crippen molar-refractivity contribution in [2.45, 2.75) is 98.6 Å². The number of benzene rings is 1. The van der Waals surface area contributed by atoms with E-state index in [4.69, 9.17) is 18.8 Å². The molecule has 0 atom stereocenters. The topological polar surface area (TPSA) is 74.3 Å². The van der Waals surface area contributed by atoms with E-state index in [1.165, 1.54) is 0 Å². The maximum Gasteiger partial charge on any atom is 0.495 e. The van der Waals surface area contributed by atoms with Crippen LogP contribution in [0.2, 0.25) is 0 Å². The predicted octanol–water partition coefficient (Wildman–Crippen LogP) is 4.97. The van der Waals surface area contributed by atoms with E-state index < -0.39 is 41.7 Å². The Hall–Kier alpha value is -2.06. The van der Waals surface area contributed by atoms with Crippen LogP contribution in [0.3, 0.4) is 0 Å². The second kappa shape index (κ2) is 8.13. The normalized spacial score (nSPS) is 18.0. The molecule has 8 heteroatoms. The first-order chi connectivity index (χ1) is 13.8. The molecule has 1 aromatic carbocycles. The zero-order valence-electron chi connectivity index (χ0n) is 20.7. The van der Waals surface area contributed by atoms with Crippen molar-refractivity contribution in [2.24, 2.45) is 0 Å².